The number of aliphatic hydroxyl groups is 16. The molecule has 5 aliphatic carbocycles. The van der Waals surface area contributed by atoms with Crippen LogP contribution in [0.15, 0.2) is 11.6 Å². The van der Waals surface area contributed by atoms with Crippen molar-refractivity contribution in [1.29, 1.82) is 0 Å². The van der Waals surface area contributed by atoms with Crippen LogP contribution >= 0.6 is 0 Å². The summed E-state index contributed by atoms with van der Waals surface area (Å²) in [5.41, 5.74) is -1.75. The predicted octanol–water partition coefficient (Wildman–Crippen LogP) is -3.52. The number of rotatable bonds is 16. The monoisotopic (exact) mass is 1350 g/mol. The van der Waals surface area contributed by atoms with Gasteiger partial charge in [0.1, 0.15) is 122 Å². The summed E-state index contributed by atoms with van der Waals surface area (Å²) < 4.78 is 76.1. The summed E-state index contributed by atoms with van der Waals surface area (Å²) >= 11 is 0. The van der Waals surface area contributed by atoms with Crippen LogP contribution in [0.2, 0.25) is 0 Å². The van der Waals surface area contributed by atoms with E-state index in [9.17, 15) is 91.6 Å². The Balaban J connectivity index is 0.976. The van der Waals surface area contributed by atoms with Crippen LogP contribution in [-0.4, -0.2) is 304 Å². The molecule has 4 saturated carbocycles. The number of ether oxygens (including phenoxy) is 12. The third-order valence-corrected chi connectivity index (χ3v) is 25.0. The fourth-order valence-electron chi connectivity index (χ4n) is 18.9. The Morgan fingerprint density at radius 3 is 1.63 bits per heavy atom. The van der Waals surface area contributed by atoms with Gasteiger partial charge >= 0.3 is 5.97 Å². The van der Waals surface area contributed by atoms with Gasteiger partial charge in [0.05, 0.1) is 56.8 Å². The smallest absolute Gasteiger partial charge is 0.310 e. The van der Waals surface area contributed by atoms with Crippen molar-refractivity contribution in [3.63, 3.8) is 0 Å². The summed E-state index contributed by atoms with van der Waals surface area (Å²) in [6.45, 7) is 12.6. The first kappa shape index (κ1) is 73.3. The zero-order chi connectivity index (χ0) is 68.4. The second-order valence-corrected chi connectivity index (χ2v) is 30.8. The Labute approximate surface area is 545 Å². The minimum atomic E-state index is -2.16. The van der Waals surface area contributed by atoms with Crippen molar-refractivity contribution in [2.24, 2.45) is 50.2 Å². The lowest BCUT2D eigenvalue weighted by atomic mass is 9.33. The number of carbonyl (C=O) groups is 1. The molecule has 0 aromatic carbocycles. The average molecular weight is 1350 g/mol. The lowest BCUT2D eigenvalue weighted by Crippen LogP contribution is -2.69. The van der Waals surface area contributed by atoms with Gasteiger partial charge in [-0.25, -0.2) is 0 Å². The highest BCUT2D eigenvalue weighted by Gasteiger charge is 2.71. The maximum absolute atomic E-state index is 13.4. The molecule has 0 aromatic heterocycles. The number of hydrogen-bond acceptors (Lipinski definition) is 29. The van der Waals surface area contributed by atoms with E-state index in [-0.39, 0.29) is 34.0 Å². The molecule has 6 heterocycles. The van der Waals surface area contributed by atoms with Crippen LogP contribution in [0.3, 0.4) is 0 Å². The minimum Gasteiger partial charge on any atom is -0.481 e. The zero-order valence-corrected chi connectivity index (χ0v) is 54.6. The number of allylic oxidation sites excluding steroid dienone is 2. The highest BCUT2D eigenvalue weighted by molar-refractivity contribution is 5.76. The van der Waals surface area contributed by atoms with Crippen molar-refractivity contribution in [2.75, 3.05) is 33.0 Å². The Morgan fingerprint density at radius 2 is 1.02 bits per heavy atom. The van der Waals surface area contributed by atoms with Crippen molar-refractivity contribution >= 4 is 5.97 Å². The van der Waals surface area contributed by atoms with Gasteiger partial charge in [0.2, 0.25) is 0 Å². The van der Waals surface area contributed by atoms with Crippen LogP contribution in [0, 0.1) is 50.2 Å². The van der Waals surface area contributed by atoms with Gasteiger partial charge in [0, 0.05) is 5.41 Å². The molecule has 37 atom stereocenters. The van der Waals surface area contributed by atoms with Gasteiger partial charge < -0.3 is 144 Å². The molecular formula is C64H104O30. The number of fused-ring (bicyclic) bond motifs is 7. The van der Waals surface area contributed by atoms with Gasteiger partial charge in [-0.2, -0.15) is 0 Å². The van der Waals surface area contributed by atoms with Gasteiger partial charge in [0.15, 0.2) is 37.7 Å². The fourth-order valence-corrected chi connectivity index (χ4v) is 18.9. The lowest BCUT2D eigenvalue weighted by molar-refractivity contribution is -0.418. The van der Waals surface area contributed by atoms with Crippen molar-refractivity contribution in [2.45, 2.75) is 298 Å². The summed E-state index contributed by atoms with van der Waals surface area (Å²) in [6.07, 6.45) is -43.6. The highest BCUT2D eigenvalue weighted by atomic mass is 16.8. The molecule has 540 valence electrons. The van der Waals surface area contributed by atoms with Gasteiger partial charge in [-0.3, -0.25) is 4.79 Å². The molecule has 0 spiro atoms. The van der Waals surface area contributed by atoms with E-state index in [1.54, 1.807) is 0 Å². The van der Waals surface area contributed by atoms with Crippen LogP contribution in [0.1, 0.15) is 120 Å². The molecule has 17 N–H and O–H groups in total. The summed E-state index contributed by atoms with van der Waals surface area (Å²) in [5, 5.41) is 189. The molecule has 0 aromatic rings. The van der Waals surface area contributed by atoms with E-state index in [1.165, 1.54) is 19.4 Å². The van der Waals surface area contributed by atoms with Crippen molar-refractivity contribution in [3.05, 3.63) is 11.6 Å². The Hall–Kier alpha value is -1.91. The largest absolute Gasteiger partial charge is 0.481 e. The molecule has 0 radical (unpaired) electrons. The number of aliphatic hydroxyl groups excluding tert-OH is 16. The van der Waals surface area contributed by atoms with Crippen LogP contribution in [-0.2, 0) is 61.6 Å². The Bertz CT molecular complexity index is 2640. The van der Waals surface area contributed by atoms with Crippen molar-refractivity contribution in [1.82, 2.24) is 0 Å². The Morgan fingerprint density at radius 1 is 0.500 bits per heavy atom. The number of hydrogen-bond donors (Lipinski definition) is 17. The second kappa shape index (κ2) is 27.5. The molecule has 30 heteroatoms. The maximum Gasteiger partial charge on any atom is 0.310 e. The fraction of sp³-hybridized carbons (Fsp3) is 0.953. The minimum absolute atomic E-state index is 0.0433. The normalized spacial score (nSPS) is 55.3. The van der Waals surface area contributed by atoms with Crippen LogP contribution in [0.25, 0.3) is 0 Å². The summed E-state index contributed by atoms with van der Waals surface area (Å²) in [5.74, 6) is -0.996. The van der Waals surface area contributed by atoms with E-state index in [0.717, 1.165) is 19.3 Å². The van der Waals surface area contributed by atoms with E-state index in [2.05, 4.69) is 40.7 Å². The van der Waals surface area contributed by atoms with Crippen LogP contribution in [0.4, 0.5) is 0 Å². The molecule has 6 saturated heterocycles. The average Bonchev–Trinajstić information content (AvgIpc) is 0.676. The first-order valence-electron chi connectivity index (χ1n) is 33.5. The number of aliphatic carboxylic acids is 1. The number of carboxylic acids is 1. The maximum atomic E-state index is 13.4. The van der Waals surface area contributed by atoms with E-state index < -0.39 is 233 Å². The van der Waals surface area contributed by atoms with Gasteiger partial charge in [-0.15, -0.1) is 0 Å². The molecule has 94 heavy (non-hydrogen) atoms. The molecule has 30 nitrogen and oxygen atoms in total. The Kier molecular flexibility index (Phi) is 21.4. The van der Waals surface area contributed by atoms with Crippen LogP contribution in [0.5, 0.6) is 0 Å². The molecule has 6 aliphatic heterocycles. The first-order chi connectivity index (χ1) is 44.1. The molecule has 0 bridgehead atoms. The molecule has 0 amide bonds. The van der Waals surface area contributed by atoms with E-state index >= 15 is 0 Å². The third-order valence-electron chi connectivity index (χ3n) is 25.0. The molecule has 11 aliphatic rings. The lowest BCUT2D eigenvalue weighted by Gasteiger charge is -2.71. The standard InChI is InChI=1S/C64H104O30/c1-25-36(69)41(74)45(78)53(85-25)89-32-23-84-56(90-35-12-13-60(5)33(61(35,6)24-67)11-14-63(8)34(60)10-9-27-28-19-59(3,4)15-17-64(28,58(81)82)18-16-62(27,63)7)50(93-54-46(79)42(75)37(70)26(2)86-54)48(32)91-57-51(94-55-47(80)43(76)39(72)30(20-65)87-55)49(40(73)31(21-66)88-57)92-52-44(77)38(71)29(68)22-83-52/h9,25-26,28-57,65-80H,10-24H2,1-8H3,(H,81,82)/t25-,26-,28+,29+,30+,31+,32-,33?,34+,35-,36-,37-,38-,39+,40+,41+,42+,43-,44+,45+,46+,47+,48-,49-,50+,51+,52-,53-,54-,55-,56-,57-,60-,61?,62+,63+,64-/m0/s1. The van der Waals surface area contributed by atoms with Gasteiger partial charge in [-0.05, 0) is 117 Å². The molecule has 2 unspecified atom stereocenters. The summed E-state index contributed by atoms with van der Waals surface area (Å²) in [6, 6.07) is 0. The highest BCUT2D eigenvalue weighted by Crippen LogP contribution is 2.76. The first-order valence-corrected chi connectivity index (χ1v) is 33.5. The van der Waals surface area contributed by atoms with E-state index in [0.29, 0.717) is 44.9 Å². The summed E-state index contributed by atoms with van der Waals surface area (Å²) in [4.78, 5) is 13.4. The van der Waals surface area contributed by atoms with Crippen LogP contribution < -0.4 is 0 Å². The SMILES string of the molecule is C[C@@H]1O[C@@H](O[C@H]2[C@H](O[C@H]3CC[C@@]4(C)C(CC[C@]5(C)[C@@H]4CC=C4[C@H]6CC(C)(C)CC[C@]6(C(=O)O)CC[C@]45C)C3(C)CO)OC[C@H](O[C@@H]3O[C@@H](C)[C@H](O)[C@@H](O)[C@H]3O)[C@@H]2O[C@@H]2O[C@H](CO)[C@@H](O)[C@H](O[C@@H]3OC[C@@H](O)[C@H](O)[C@H]3O)[C@H]2O[C@@H]2O[C@H](CO)[C@@H](O)[C@H](O)[C@H]2O)[C@H](O)[C@H](O)[C@H]1O. The number of carboxylic acid groups (broad SMARTS) is 1. The van der Waals surface area contributed by atoms with Gasteiger partial charge in [-0.1, -0.05) is 53.2 Å². The third kappa shape index (κ3) is 12.4. The second-order valence-electron chi connectivity index (χ2n) is 30.8. The topological polar surface area (TPSA) is 472 Å². The van der Waals surface area contributed by atoms with Crippen molar-refractivity contribution in [3.8, 4) is 0 Å². The quantitative estimate of drug-likeness (QED) is 0.0526. The van der Waals surface area contributed by atoms with E-state index in [1.807, 2.05) is 6.92 Å². The summed E-state index contributed by atoms with van der Waals surface area (Å²) in [7, 11) is 0. The molecule has 11 rings (SSSR count). The van der Waals surface area contributed by atoms with Gasteiger partial charge in [0.25, 0.3) is 0 Å². The zero-order valence-electron chi connectivity index (χ0n) is 54.6. The molecular weight excluding hydrogens is 1250 g/mol. The molecule has 10 fully saturated rings. The van der Waals surface area contributed by atoms with Crippen molar-refractivity contribution < 1.29 is 148 Å². The van der Waals surface area contributed by atoms with E-state index in [4.69, 9.17) is 56.8 Å². The predicted molar refractivity (Wildman–Crippen MR) is 315 cm³/mol.